The summed E-state index contributed by atoms with van der Waals surface area (Å²) in [6.45, 7) is 3.62. The summed E-state index contributed by atoms with van der Waals surface area (Å²) in [5.74, 6) is 0.0105. The van der Waals surface area contributed by atoms with Crippen LogP contribution in [-0.4, -0.2) is 27.8 Å². The number of ketones is 1. The highest BCUT2D eigenvalue weighted by Crippen LogP contribution is 2.22. The van der Waals surface area contributed by atoms with Crippen LogP contribution in [0, 0.1) is 13.8 Å². The molecule has 0 saturated heterocycles. The Hall–Kier alpha value is -2.64. The van der Waals surface area contributed by atoms with Crippen molar-refractivity contribution in [3.05, 3.63) is 69.4 Å². The molecule has 0 aliphatic rings. The summed E-state index contributed by atoms with van der Waals surface area (Å²) in [6.07, 6.45) is 1.73. The zero-order valence-electron chi connectivity index (χ0n) is 14.3. The zero-order valence-corrected chi connectivity index (χ0v) is 15.8. The molecule has 3 rings (SSSR count). The Balaban J connectivity index is 1.70. The van der Waals surface area contributed by atoms with Crippen molar-refractivity contribution in [3.63, 3.8) is 0 Å². The van der Waals surface area contributed by atoms with Crippen LogP contribution in [0.3, 0.4) is 0 Å². The molecule has 0 fully saturated rings. The normalized spacial score (nSPS) is 11.6. The molecule has 0 amide bonds. The largest absolute Gasteiger partial charge is 0.386 e. The van der Waals surface area contributed by atoms with Gasteiger partial charge in [-0.3, -0.25) is 9.36 Å². The van der Waals surface area contributed by atoms with Gasteiger partial charge in [-0.2, -0.15) is 0 Å². The first-order chi connectivity index (χ1) is 12.5. The number of aryl methyl sites for hydroxylation is 1. The highest BCUT2D eigenvalue weighted by Gasteiger charge is 2.18. The predicted molar refractivity (Wildman–Crippen MR) is 103 cm³/mol. The lowest BCUT2D eigenvalue weighted by atomic mass is 10.2. The number of aromatic nitrogens is 2. The summed E-state index contributed by atoms with van der Waals surface area (Å²) in [5.41, 5.74) is 8.86. The lowest BCUT2D eigenvalue weighted by Crippen LogP contribution is -2.15. The van der Waals surface area contributed by atoms with Crippen LogP contribution in [0.5, 0.6) is 0 Å². The minimum absolute atomic E-state index is 0.173. The molecule has 134 valence electrons. The van der Waals surface area contributed by atoms with Gasteiger partial charge < -0.3 is 10.6 Å². The van der Waals surface area contributed by atoms with E-state index in [0.29, 0.717) is 16.1 Å². The molecule has 8 heteroatoms. The molecule has 0 spiro atoms. The predicted octanol–water partition coefficient (Wildman–Crippen LogP) is 3.72. The Kier molecular flexibility index (Phi) is 5.39. The maximum atomic E-state index is 12.5. The molecular weight excluding hydrogens is 372 g/mol. The average Bonchev–Trinajstić information content (AvgIpc) is 3.23. The van der Waals surface area contributed by atoms with E-state index >= 15 is 0 Å². The van der Waals surface area contributed by atoms with Gasteiger partial charge in [0, 0.05) is 39.1 Å². The summed E-state index contributed by atoms with van der Waals surface area (Å²) < 4.78 is 1.95. The molecule has 0 radical (unpaired) electrons. The van der Waals surface area contributed by atoms with Crippen molar-refractivity contribution in [1.82, 2.24) is 9.55 Å². The Morgan fingerprint density at radius 2 is 2.08 bits per heavy atom. The Labute approximate surface area is 159 Å². The number of carbonyl (C=O) groups excluding carboxylic acids is 1. The SMILES string of the molecule is Cc1cc(C(=O)CO/N=C(\N)c2ccc(Cl)cc2)c(C)n1-c1nccs1. The third-order valence-corrected chi connectivity index (χ3v) is 4.85. The summed E-state index contributed by atoms with van der Waals surface area (Å²) in [7, 11) is 0. The van der Waals surface area contributed by atoms with Gasteiger partial charge in [-0.05, 0) is 44.2 Å². The van der Waals surface area contributed by atoms with Crippen molar-refractivity contribution in [2.75, 3.05) is 6.61 Å². The van der Waals surface area contributed by atoms with Crippen molar-refractivity contribution in [3.8, 4) is 5.13 Å². The highest BCUT2D eigenvalue weighted by molar-refractivity contribution is 7.12. The molecular formula is C18H17ClN4O2S. The van der Waals surface area contributed by atoms with Gasteiger partial charge in [0.05, 0.1) is 0 Å². The van der Waals surface area contributed by atoms with Crippen LogP contribution in [0.25, 0.3) is 5.13 Å². The third kappa shape index (κ3) is 3.79. The van der Waals surface area contributed by atoms with Crippen molar-refractivity contribution < 1.29 is 9.63 Å². The number of oxime groups is 1. The minimum atomic E-state index is -0.198. The second-order valence-corrected chi connectivity index (χ2v) is 6.92. The molecule has 0 aliphatic carbocycles. The van der Waals surface area contributed by atoms with Crippen LogP contribution in [0.1, 0.15) is 27.3 Å². The number of thiazole rings is 1. The zero-order chi connectivity index (χ0) is 18.7. The lowest BCUT2D eigenvalue weighted by Gasteiger charge is -2.05. The molecule has 0 aliphatic heterocycles. The number of halogens is 1. The van der Waals surface area contributed by atoms with Crippen LogP contribution in [0.15, 0.2) is 47.1 Å². The van der Waals surface area contributed by atoms with Gasteiger partial charge in [0.2, 0.25) is 5.78 Å². The minimum Gasteiger partial charge on any atom is -0.386 e. The molecule has 6 nitrogen and oxygen atoms in total. The van der Waals surface area contributed by atoms with Crippen molar-refractivity contribution in [1.29, 1.82) is 0 Å². The van der Waals surface area contributed by atoms with Crippen LogP contribution >= 0.6 is 22.9 Å². The highest BCUT2D eigenvalue weighted by atomic mass is 35.5. The summed E-state index contributed by atoms with van der Waals surface area (Å²) >= 11 is 7.35. The standard InChI is InChI=1S/C18H17ClN4O2S/c1-11-9-15(12(2)23(11)18-21-7-8-26-18)16(24)10-25-22-17(20)13-3-5-14(19)6-4-13/h3-9H,10H2,1-2H3,(H2,20,22). The lowest BCUT2D eigenvalue weighted by molar-refractivity contribution is 0.0775. The van der Waals surface area contributed by atoms with Crippen LogP contribution < -0.4 is 5.73 Å². The Morgan fingerprint density at radius 3 is 2.73 bits per heavy atom. The van der Waals surface area contributed by atoms with Crippen molar-refractivity contribution >= 4 is 34.6 Å². The Morgan fingerprint density at radius 1 is 1.35 bits per heavy atom. The third-order valence-electron chi connectivity index (χ3n) is 3.84. The van der Waals surface area contributed by atoms with Gasteiger partial charge in [0.1, 0.15) is 0 Å². The smallest absolute Gasteiger partial charge is 0.204 e. The number of Topliss-reactive ketones (excluding diaryl/α,β-unsaturated/α-hetero) is 1. The summed E-state index contributed by atoms with van der Waals surface area (Å²) in [6, 6.07) is 8.70. The molecule has 1 aromatic carbocycles. The monoisotopic (exact) mass is 388 g/mol. The van der Waals surface area contributed by atoms with E-state index in [1.807, 2.05) is 29.9 Å². The fraction of sp³-hybridized carbons (Fsp3) is 0.167. The first-order valence-corrected chi connectivity index (χ1v) is 9.06. The fourth-order valence-corrected chi connectivity index (χ4v) is 3.45. The van der Waals surface area contributed by atoms with Crippen LogP contribution in [-0.2, 0) is 4.84 Å². The fourth-order valence-electron chi connectivity index (χ4n) is 2.58. The van der Waals surface area contributed by atoms with Gasteiger partial charge >= 0.3 is 0 Å². The summed E-state index contributed by atoms with van der Waals surface area (Å²) in [4.78, 5) is 21.9. The Bertz CT molecular complexity index is 946. The van der Waals surface area contributed by atoms with Gasteiger partial charge in [0.15, 0.2) is 17.6 Å². The second kappa shape index (κ2) is 7.72. The van der Waals surface area contributed by atoms with Crippen molar-refractivity contribution in [2.45, 2.75) is 13.8 Å². The van der Waals surface area contributed by atoms with Gasteiger partial charge in [-0.15, -0.1) is 11.3 Å². The molecule has 0 bridgehead atoms. The number of rotatable bonds is 6. The maximum Gasteiger partial charge on any atom is 0.204 e. The molecule has 2 N–H and O–H groups in total. The van der Waals surface area contributed by atoms with E-state index in [1.54, 1.807) is 30.5 Å². The van der Waals surface area contributed by atoms with E-state index in [0.717, 1.165) is 16.5 Å². The van der Waals surface area contributed by atoms with Gasteiger partial charge in [0.25, 0.3) is 0 Å². The first-order valence-electron chi connectivity index (χ1n) is 7.80. The molecule has 26 heavy (non-hydrogen) atoms. The average molecular weight is 389 g/mol. The second-order valence-electron chi connectivity index (χ2n) is 5.61. The number of nitrogens with two attached hydrogens (primary N) is 1. The van der Waals surface area contributed by atoms with E-state index in [2.05, 4.69) is 10.1 Å². The van der Waals surface area contributed by atoms with Crippen LogP contribution in [0.2, 0.25) is 5.02 Å². The molecule has 2 heterocycles. The number of benzene rings is 1. The summed E-state index contributed by atoms with van der Waals surface area (Å²) in [5, 5.41) is 7.14. The number of hydrogen-bond donors (Lipinski definition) is 1. The first kappa shape index (κ1) is 18.2. The van der Waals surface area contributed by atoms with E-state index in [-0.39, 0.29) is 18.2 Å². The number of carbonyl (C=O) groups is 1. The molecule has 0 unspecified atom stereocenters. The van der Waals surface area contributed by atoms with E-state index in [4.69, 9.17) is 22.2 Å². The van der Waals surface area contributed by atoms with E-state index < -0.39 is 0 Å². The number of amidine groups is 1. The van der Waals surface area contributed by atoms with Gasteiger partial charge in [-0.1, -0.05) is 16.8 Å². The molecule has 2 aromatic heterocycles. The van der Waals surface area contributed by atoms with Gasteiger partial charge in [-0.25, -0.2) is 4.98 Å². The molecule has 3 aromatic rings. The van der Waals surface area contributed by atoms with E-state index in [9.17, 15) is 4.79 Å². The molecule has 0 saturated carbocycles. The number of hydrogen-bond acceptors (Lipinski definition) is 5. The quantitative estimate of drug-likeness (QED) is 0.302. The van der Waals surface area contributed by atoms with Crippen LogP contribution in [0.4, 0.5) is 0 Å². The van der Waals surface area contributed by atoms with E-state index in [1.165, 1.54) is 11.3 Å². The molecule has 0 atom stereocenters. The number of nitrogens with zero attached hydrogens (tertiary/aromatic N) is 3. The van der Waals surface area contributed by atoms with Crippen molar-refractivity contribution in [2.24, 2.45) is 10.9 Å². The topological polar surface area (TPSA) is 82.5 Å². The maximum absolute atomic E-state index is 12.5.